The quantitative estimate of drug-likeness (QED) is 0.0680. The second kappa shape index (κ2) is 20.4. The topological polar surface area (TPSA) is 207 Å². The molecule has 12 heteroatoms. The first-order chi connectivity index (χ1) is 30.5. The van der Waals surface area contributed by atoms with Gasteiger partial charge in [0.2, 0.25) is 0 Å². The molecule has 4 saturated carbocycles. The summed E-state index contributed by atoms with van der Waals surface area (Å²) < 4.78 is 14.0. The Morgan fingerprint density at radius 2 is 1.80 bits per heavy atom. The van der Waals surface area contributed by atoms with Crippen molar-refractivity contribution in [1.29, 1.82) is 0 Å². The molecule has 7 aliphatic rings. The molecule has 2 aliphatic heterocycles. The average Bonchev–Trinajstić information content (AvgIpc) is 3.63. The first kappa shape index (κ1) is 50.0. The molecule has 0 spiro atoms. The second-order valence-corrected chi connectivity index (χ2v) is 22.3. The second-order valence-electron chi connectivity index (χ2n) is 22.3. The zero-order chi connectivity index (χ0) is 46.2. The monoisotopic (exact) mass is 898 g/mol. The molecule has 12 nitrogen and oxygen atoms in total. The van der Waals surface area contributed by atoms with Crippen LogP contribution in [0.2, 0.25) is 0 Å². The maximum absolute atomic E-state index is 15.3. The standard InChI is InChI=1S/C52H87N3O9/c1-7-9-10-27-63-48(47-32(4)35-17-14-33(12-8-2)15-18-41(35)64-47)50(6,61)42-22-25-52(62)44-36(21-23-49(42,52)5)51(24-20-34-16-19-43(53)55-38(34)13-11-26-56)29-40(59)39(58)28-37(51)46(60)45(44)54-30-31(3)57/h16,19,31-33,35-37,39-43,47-48,54-59,61-62H,7-15,17-18,20-30,53H2,1-6H3/t31-,32-,33+,35-,36-,37-,39+,40-,41+,42-,43?,47+,48+,49+,50+,51+,52+/m0/s1. The SMILES string of the molecule is CCCCCO[C@H]([C@@H]1O[C@@H]2CC[C@H](CCC)CC[C@H]2[C@@H]1C)[C@](C)(O)[C@H]1CC[C@@]2(O)C3=C(NC[C@H](C)O)C(=O)[C@@H]4C[C@@H](O)[C@@H](O)C[C@]4(CCC4=C(CCCO)NC(N)C=C4)[C@H]3CC[C@]12C. The van der Waals surface area contributed by atoms with Gasteiger partial charge in [-0.15, -0.1) is 0 Å². The Morgan fingerprint density at radius 3 is 2.52 bits per heavy atom. The lowest BCUT2D eigenvalue weighted by molar-refractivity contribution is -0.214. The van der Waals surface area contributed by atoms with Gasteiger partial charge in [0.05, 0.1) is 53.6 Å². The molecule has 10 N–H and O–H groups in total. The minimum atomic E-state index is -1.50. The highest BCUT2D eigenvalue weighted by Crippen LogP contribution is 2.70. The van der Waals surface area contributed by atoms with Crippen molar-refractivity contribution in [2.75, 3.05) is 19.8 Å². The number of nitrogens with two attached hydrogens (primary N) is 1. The van der Waals surface area contributed by atoms with Crippen LogP contribution in [0.3, 0.4) is 0 Å². The Balaban J connectivity index is 1.26. The predicted octanol–water partition coefficient (Wildman–Crippen LogP) is 6.06. The summed E-state index contributed by atoms with van der Waals surface area (Å²) in [4.78, 5) is 15.3. The van der Waals surface area contributed by atoms with E-state index in [0.717, 1.165) is 49.3 Å². The van der Waals surface area contributed by atoms with E-state index in [0.29, 0.717) is 75.2 Å². The van der Waals surface area contributed by atoms with Crippen LogP contribution in [-0.2, 0) is 14.3 Å². The molecule has 2 heterocycles. The van der Waals surface area contributed by atoms with E-state index in [4.69, 9.17) is 15.2 Å². The van der Waals surface area contributed by atoms with Crippen LogP contribution in [0.15, 0.2) is 34.7 Å². The number of Topliss-reactive ketones (excluding diaryl/α,β-unsaturated/α-hetero) is 1. The summed E-state index contributed by atoms with van der Waals surface area (Å²) in [7, 11) is 0. The molecule has 5 aliphatic carbocycles. The number of aliphatic hydroxyl groups is 6. The van der Waals surface area contributed by atoms with Gasteiger partial charge in [-0.25, -0.2) is 0 Å². The Kier molecular flexibility index (Phi) is 15.9. The lowest BCUT2D eigenvalue weighted by Gasteiger charge is -2.62. The van der Waals surface area contributed by atoms with Gasteiger partial charge in [-0.05, 0) is 156 Å². The van der Waals surface area contributed by atoms with Gasteiger partial charge in [0.15, 0.2) is 5.78 Å². The van der Waals surface area contributed by atoms with E-state index in [2.05, 4.69) is 38.3 Å². The summed E-state index contributed by atoms with van der Waals surface area (Å²) in [5.41, 5.74) is 4.72. The minimum absolute atomic E-state index is 0.0463. The van der Waals surface area contributed by atoms with E-state index < -0.39 is 58.3 Å². The molecule has 1 unspecified atom stereocenters. The molecular formula is C52H87N3O9. The molecule has 0 bridgehead atoms. The first-order valence-electron chi connectivity index (χ1n) is 25.8. The zero-order valence-corrected chi connectivity index (χ0v) is 40.2. The van der Waals surface area contributed by atoms with Crippen LogP contribution < -0.4 is 16.4 Å². The smallest absolute Gasteiger partial charge is 0.182 e. The van der Waals surface area contributed by atoms with Crippen LogP contribution in [-0.4, -0.2) is 110 Å². The molecule has 17 atom stereocenters. The van der Waals surface area contributed by atoms with E-state index in [1.54, 1.807) is 6.92 Å². The van der Waals surface area contributed by atoms with Gasteiger partial charge in [-0.2, -0.15) is 0 Å². The highest BCUT2D eigenvalue weighted by atomic mass is 16.6. The van der Waals surface area contributed by atoms with E-state index >= 15 is 4.79 Å². The number of nitrogens with one attached hydrogen (secondary N) is 2. The van der Waals surface area contributed by atoms with E-state index in [1.165, 1.54) is 25.7 Å². The number of ether oxygens (including phenoxy) is 2. The Bertz CT molecular complexity index is 1720. The largest absolute Gasteiger partial charge is 0.396 e. The van der Waals surface area contributed by atoms with Crippen LogP contribution in [0.1, 0.15) is 164 Å². The molecule has 0 aromatic rings. The van der Waals surface area contributed by atoms with Gasteiger partial charge in [0.25, 0.3) is 0 Å². The van der Waals surface area contributed by atoms with Gasteiger partial charge < -0.3 is 56.5 Å². The van der Waals surface area contributed by atoms with Crippen molar-refractivity contribution in [2.45, 2.75) is 218 Å². The van der Waals surface area contributed by atoms with Crippen molar-refractivity contribution in [3.63, 3.8) is 0 Å². The number of ketones is 1. The number of carbonyl (C=O) groups excluding carboxylic acids is 1. The third kappa shape index (κ3) is 9.20. The number of fused-ring (bicyclic) bond motifs is 6. The van der Waals surface area contributed by atoms with Crippen molar-refractivity contribution >= 4 is 5.78 Å². The number of unbranched alkanes of at least 4 members (excludes halogenated alkanes) is 2. The summed E-state index contributed by atoms with van der Waals surface area (Å²) >= 11 is 0. The van der Waals surface area contributed by atoms with Crippen molar-refractivity contribution in [3.8, 4) is 0 Å². The Labute approximate surface area is 384 Å². The lowest BCUT2D eigenvalue weighted by Crippen LogP contribution is -2.66. The van der Waals surface area contributed by atoms with Crippen LogP contribution in [0.25, 0.3) is 0 Å². The molecule has 0 amide bonds. The number of allylic oxidation sites excluding steroid dienone is 4. The van der Waals surface area contributed by atoms with E-state index in [1.807, 2.05) is 19.1 Å². The number of hydrogen-bond acceptors (Lipinski definition) is 12. The number of aliphatic hydroxyl groups excluding tert-OH is 4. The van der Waals surface area contributed by atoms with Gasteiger partial charge >= 0.3 is 0 Å². The molecule has 0 radical (unpaired) electrons. The Hall–Kier alpha value is -1.87. The summed E-state index contributed by atoms with van der Waals surface area (Å²) in [5, 5.41) is 77.0. The van der Waals surface area contributed by atoms with E-state index in [-0.39, 0.29) is 62.0 Å². The number of dihydropyridines is 1. The zero-order valence-electron chi connectivity index (χ0n) is 40.2. The third-order valence-electron chi connectivity index (χ3n) is 18.3. The maximum Gasteiger partial charge on any atom is 0.182 e. The van der Waals surface area contributed by atoms with Crippen LogP contribution in [0.5, 0.6) is 0 Å². The summed E-state index contributed by atoms with van der Waals surface area (Å²) in [6.07, 6.45) is 14.6. The Morgan fingerprint density at radius 1 is 1.03 bits per heavy atom. The number of carbonyl (C=O) groups is 1. The molecule has 0 aromatic carbocycles. The highest BCUT2D eigenvalue weighted by molar-refractivity contribution is 6.00. The van der Waals surface area contributed by atoms with Gasteiger partial charge in [0, 0.05) is 36.8 Å². The molecular weight excluding hydrogens is 811 g/mol. The number of hydrogen-bond donors (Lipinski definition) is 9. The summed E-state index contributed by atoms with van der Waals surface area (Å²) in [6, 6.07) is 0. The van der Waals surface area contributed by atoms with Gasteiger partial charge in [-0.3, -0.25) is 4.79 Å². The highest BCUT2D eigenvalue weighted by Gasteiger charge is 2.72. The molecule has 5 fully saturated rings. The predicted molar refractivity (Wildman–Crippen MR) is 248 cm³/mol. The fourth-order valence-corrected chi connectivity index (χ4v) is 14.9. The minimum Gasteiger partial charge on any atom is -0.396 e. The van der Waals surface area contributed by atoms with E-state index in [9.17, 15) is 30.6 Å². The third-order valence-corrected chi connectivity index (χ3v) is 18.3. The van der Waals surface area contributed by atoms with Crippen molar-refractivity contribution in [1.82, 2.24) is 10.6 Å². The van der Waals surface area contributed by atoms with Gasteiger partial charge in [-0.1, -0.05) is 65.9 Å². The van der Waals surface area contributed by atoms with Crippen LogP contribution in [0.4, 0.5) is 0 Å². The molecule has 364 valence electrons. The molecule has 1 saturated heterocycles. The first-order valence-corrected chi connectivity index (χ1v) is 25.8. The number of rotatable bonds is 19. The lowest BCUT2D eigenvalue weighted by atomic mass is 9.43. The normalized spacial score (nSPS) is 41.6. The van der Waals surface area contributed by atoms with Crippen molar-refractivity contribution in [2.24, 2.45) is 52.1 Å². The molecule has 7 rings (SSSR count). The fraction of sp³-hybridized carbons (Fsp3) is 0.865. The molecule has 64 heavy (non-hydrogen) atoms. The summed E-state index contributed by atoms with van der Waals surface area (Å²) in [5.74, 6) is -0.186. The molecule has 0 aromatic heterocycles. The van der Waals surface area contributed by atoms with Crippen LogP contribution >= 0.6 is 0 Å². The van der Waals surface area contributed by atoms with Gasteiger partial charge in [0.1, 0.15) is 6.10 Å². The maximum atomic E-state index is 15.3. The van der Waals surface area contributed by atoms with Crippen LogP contribution in [0, 0.1) is 46.3 Å². The fourth-order valence-electron chi connectivity index (χ4n) is 14.9. The van der Waals surface area contributed by atoms with Crippen molar-refractivity contribution < 1.29 is 44.9 Å². The summed E-state index contributed by atoms with van der Waals surface area (Å²) in [6.45, 7) is 13.1. The van der Waals surface area contributed by atoms with Crippen molar-refractivity contribution in [3.05, 3.63) is 34.7 Å². The average molecular weight is 898 g/mol.